The summed E-state index contributed by atoms with van der Waals surface area (Å²) in [6.45, 7) is 9.18. The Morgan fingerprint density at radius 3 is 2.81 bits per heavy atom. The Hall–Kier alpha value is -1.15. The number of ether oxygens (including phenoxy) is 1. The number of likely N-dealkylation sites (tertiary alicyclic amines) is 1. The van der Waals surface area contributed by atoms with Gasteiger partial charge < -0.3 is 20.3 Å². The van der Waals surface area contributed by atoms with Crippen molar-refractivity contribution in [3.8, 4) is 0 Å². The van der Waals surface area contributed by atoms with Crippen molar-refractivity contribution in [1.82, 2.24) is 20.4 Å². The van der Waals surface area contributed by atoms with Crippen LogP contribution in [0.1, 0.15) is 30.7 Å². The van der Waals surface area contributed by atoms with Crippen LogP contribution in [-0.2, 0) is 4.74 Å². The molecule has 2 saturated heterocycles. The molecular weight excluding hydrogens is 358 g/mol. The average Bonchev–Trinajstić information content (AvgIpc) is 3.20. The van der Waals surface area contributed by atoms with E-state index in [0.717, 1.165) is 44.7 Å². The van der Waals surface area contributed by atoms with Crippen LogP contribution < -0.4 is 10.6 Å². The highest BCUT2D eigenvalue weighted by molar-refractivity contribution is 7.10. The van der Waals surface area contributed by atoms with E-state index in [9.17, 15) is 0 Å². The van der Waals surface area contributed by atoms with E-state index in [1.807, 2.05) is 18.4 Å². The maximum absolute atomic E-state index is 5.84. The molecule has 0 aliphatic carbocycles. The van der Waals surface area contributed by atoms with Crippen LogP contribution in [0.25, 0.3) is 0 Å². The lowest BCUT2D eigenvalue weighted by molar-refractivity contribution is -0.0161. The van der Waals surface area contributed by atoms with Gasteiger partial charge in [0.05, 0.1) is 18.8 Å². The Labute approximate surface area is 168 Å². The summed E-state index contributed by atoms with van der Waals surface area (Å²) in [5, 5.41) is 9.17. The number of nitrogens with zero attached hydrogens (tertiary/aromatic N) is 3. The predicted molar refractivity (Wildman–Crippen MR) is 114 cm³/mol. The van der Waals surface area contributed by atoms with Gasteiger partial charge in [-0.2, -0.15) is 0 Å². The third-order valence-electron chi connectivity index (χ3n) is 5.66. The van der Waals surface area contributed by atoms with Crippen LogP contribution in [0, 0.1) is 5.92 Å². The maximum atomic E-state index is 5.84. The van der Waals surface area contributed by atoms with Crippen molar-refractivity contribution in [2.75, 3.05) is 60.0 Å². The van der Waals surface area contributed by atoms with Gasteiger partial charge in [0.2, 0.25) is 0 Å². The molecule has 152 valence electrons. The van der Waals surface area contributed by atoms with E-state index in [1.165, 1.54) is 30.8 Å². The molecule has 3 heterocycles. The van der Waals surface area contributed by atoms with Crippen LogP contribution in [0.3, 0.4) is 0 Å². The molecule has 2 fully saturated rings. The largest absolute Gasteiger partial charge is 0.374 e. The van der Waals surface area contributed by atoms with Gasteiger partial charge in [-0.05, 0) is 50.3 Å². The van der Waals surface area contributed by atoms with Crippen molar-refractivity contribution >= 4 is 17.3 Å². The molecular formula is C20H35N5OS. The second kappa shape index (κ2) is 10.4. The molecule has 27 heavy (non-hydrogen) atoms. The molecule has 2 N–H and O–H groups in total. The Balaban J connectivity index is 1.52. The highest BCUT2D eigenvalue weighted by Crippen LogP contribution is 2.29. The Kier molecular flexibility index (Phi) is 7.93. The summed E-state index contributed by atoms with van der Waals surface area (Å²) in [5.74, 6) is 1.71. The molecule has 0 radical (unpaired) electrons. The minimum Gasteiger partial charge on any atom is -0.374 e. The van der Waals surface area contributed by atoms with E-state index < -0.39 is 0 Å². The van der Waals surface area contributed by atoms with E-state index in [-0.39, 0.29) is 6.10 Å². The number of aliphatic imine (C=N–C) groups is 1. The zero-order valence-corrected chi connectivity index (χ0v) is 17.8. The minimum absolute atomic E-state index is 0.221. The molecule has 2 aliphatic rings. The van der Waals surface area contributed by atoms with Crippen LogP contribution in [0.15, 0.2) is 22.5 Å². The smallest absolute Gasteiger partial charge is 0.191 e. The average molecular weight is 394 g/mol. The van der Waals surface area contributed by atoms with Crippen LogP contribution in [0.2, 0.25) is 0 Å². The van der Waals surface area contributed by atoms with Crippen LogP contribution in [0.5, 0.6) is 0 Å². The molecule has 0 saturated carbocycles. The second-order valence-corrected chi connectivity index (χ2v) is 8.82. The Bertz CT molecular complexity index is 571. The fourth-order valence-corrected chi connectivity index (χ4v) is 4.71. The summed E-state index contributed by atoms with van der Waals surface area (Å²) in [7, 11) is 3.99. The fraction of sp³-hybridized carbons (Fsp3) is 0.750. The summed E-state index contributed by atoms with van der Waals surface area (Å²) in [5.41, 5.74) is 0. The SMILES string of the molecule is CN=C(NCC1CN(C)CCO1)NCC(c1cccs1)N1CCC(C)CC1. The molecule has 2 atom stereocenters. The molecule has 7 heteroatoms. The molecule has 0 amide bonds. The number of likely N-dealkylation sites (N-methyl/N-ethyl adjacent to an activating group) is 1. The fourth-order valence-electron chi connectivity index (χ4n) is 3.85. The van der Waals surface area contributed by atoms with Crippen molar-refractivity contribution in [1.29, 1.82) is 0 Å². The number of hydrogen-bond acceptors (Lipinski definition) is 5. The Morgan fingerprint density at radius 2 is 2.15 bits per heavy atom. The van der Waals surface area contributed by atoms with Gasteiger partial charge in [-0.1, -0.05) is 13.0 Å². The van der Waals surface area contributed by atoms with Gasteiger partial charge >= 0.3 is 0 Å². The van der Waals surface area contributed by atoms with E-state index in [2.05, 4.69) is 56.9 Å². The van der Waals surface area contributed by atoms with Gasteiger partial charge in [-0.15, -0.1) is 11.3 Å². The lowest BCUT2D eigenvalue weighted by atomic mass is 9.97. The first-order chi connectivity index (χ1) is 13.2. The van der Waals surface area contributed by atoms with Gasteiger partial charge in [-0.25, -0.2) is 0 Å². The number of guanidine groups is 1. The van der Waals surface area contributed by atoms with Crippen LogP contribution in [0.4, 0.5) is 0 Å². The monoisotopic (exact) mass is 393 g/mol. The van der Waals surface area contributed by atoms with E-state index in [1.54, 1.807) is 0 Å². The number of rotatable bonds is 6. The standard InChI is InChI=1S/C20H35N5OS/c1-16-6-8-25(9-7-16)18(19-5-4-12-27-19)14-23-20(21-2)22-13-17-15-24(3)10-11-26-17/h4-5,12,16-18H,6-11,13-15H2,1-3H3,(H2,21,22,23). The number of morpholine rings is 1. The van der Waals surface area contributed by atoms with Gasteiger partial charge in [0.1, 0.15) is 0 Å². The first kappa shape index (κ1) is 20.6. The van der Waals surface area contributed by atoms with Crippen molar-refractivity contribution in [3.63, 3.8) is 0 Å². The van der Waals surface area contributed by atoms with E-state index in [0.29, 0.717) is 6.04 Å². The normalized spacial score (nSPS) is 24.7. The van der Waals surface area contributed by atoms with E-state index >= 15 is 0 Å². The third kappa shape index (κ3) is 6.17. The molecule has 2 aliphatic heterocycles. The Morgan fingerprint density at radius 1 is 1.33 bits per heavy atom. The molecule has 0 aromatic carbocycles. The van der Waals surface area contributed by atoms with Crippen molar-refractivity contribution in [2.45, 2.75) is 31.9 Å². The maximum Gasteiger partial charge on any atom is 0.191 e. The highest BCUT2D eigenvalue weighted by atomic mass is 32.1. The number of thiophene rings is 1. The first-order valence-corrected chi connectivity index (χ1v) is 11.1. The molecule has 6 nitrogen and oxygen atoms in total. The van der Waals surface area contributed by atoms with Crippen molar-refractivity contribution in [3.05, 3.63) is 22.4 Å². The van der Waals surface area contributed by atoms with E-state index in [4.69, 9.17) is 4.74 Å². The summed E-state index contributed by atoms with van der Waals surface area (Å²) in [6.07, 6.45) is 2.81. The highest BCUT2D eigenvalue weighted by Gasteiger charge is 2.25. The molecule has 1 aromatic rings. The molecule has 0 spiro atoms. The minimum atomic E-state index is 0.221. The molecule has 0 bridgehead atoms. The van der Waals surface area contributed by atoms with Crippen LogP contribution >= 0.6 is 11.3 Å². The molecule has 1 aromatic heterocycles. The summed E-state index contributed by atoms with van der Waals surface area (Å²) >= 11 is 1.85. The topological polar surface area (TPSA) is 52.1 Å². The zero-order chi connectivity index (χ0) is 19.1. The number of nitrogens with one attached hydrogen (secondary N) is 2. The van der Waals surface area contributed by atoms with Gasteiger partial charge in [-0.3, -0.25) is 9.89 Å². The zero-order valence-electron chi connectivity index (χ0n) is 17.0. The first-order valence-electron chi connectivity index (χ1n) is 10.2. The van der Waals surface area contributed by atoms with Crippen molar-refractivity contribution < 1.29 is 4.74 Å². The quantitative estimate of drug-likeness (QED) is 0.572. The summed E-state index contributed by atoms with van der Waals surface area (Å²) < 4.78 is 5.84. The second-order valence-electron chi connectivity index (χ2n) is 7.84. The van der Waals surface area contributed by atoms with Gasteiger partial charge in [0.15, 0.2) is 5.96 Å². The van der Waals surface area contributed by atoms with Gasteiger partial charge in [0, 0.05) is 38.1 Å². The lowest BCUT2D eigenvalue weighted by Crippen LogP contribution is -2.49. The number of piperidine rings is 1. The van der Waals surface area contributed by atoms with Crippen LogP contribution in [-0.4, -0.2) is 81.8 Å². The third-order valence-corrected chi connectivity index (χ3v) is 6.63. The van der Waals surface area contributed by atoms with Gasteiger partial charge in [0.25, 0.3) is 0 Å². The molecule has 2 unspecified atom stereocenters. The molecule has 3 rings (SSSR count). The number of hydrogen-bond donors (Lipinski definition) is 2. The predicted octanol–water partition coefficient (Wildman–Crippen LogP) is 2.02. The summed E-state index contributed by atoms with van der Waals surface area (Å²) in [6, 6.07) is 4.83. The van der Waals surface area contributed by atoms with Crippen molar-refractivity contribution in [2.24, 2.45) is 10.9 Å². The summed E-state index contributed by atoms with van der Waals surface area (Å²) in [4.78, 5) is 10.8. The lowest BCUT2D eigenvalue weighted by Gasteiger charge is -2.36.